The van der Waals surface area contributed by atoms with Crippen LogP contribution in [0.15, 0.2) is 12.4 Å². The van der Waals surface area contributed by atoms with Crippen LogP contribution in [-0.4, -0.2) is 15.6 Å². The summed E-state index contributed by atoms with van der Waals surface area (Å²) in [7, 11) is 0. The molecule has 0 amide bonds. The maximum Gasteiger partial charge on any atom is 0.307 e. The summed E-state index contributed by atoms with van der Waals surface area (Å²) >= 11 is 0. The first-order chi connectivity index (χ1) is 8.19. The number of imidazole rings is 1. The lowest BCUT2D eigenvalue weighted by Crippen LogP contribution is -2.38. The van der Waals surface area contributed by atoms with E-state index < -0.39 is 5.97 Å². The van der Waals surface area contributed by atoms with Gasteiger partial charge in [-0.25, -0.2) is 9.13 Å². The highest BCUT2D eigenvalue weighted by Crippen LogP contribution is 2.04. The van der Waals surface area contributed by atoms with Gasteiger partial charge in [0.15, 0.2) is 0 Å². The van der Waals surface area contributed by atoms with Crippen molar-refractivity contribution >= 4 is 5.97 Å². The summed E-state index contributed by atoms with van der Waals surface area (Å²) in [6.07, 6.45) is 8.88. The second kappa shape index (κ2) is 7.09. The van der Waals surface area contributed by atoms with Gasteiger partial charge >= 0.3 is 5.97 Å². The minimum absolute atomic E-state index is 0.194. The molecule has 96 valence electrons. The van der Waals surface area contributed by atoms with Gasteiger partial charge in [0.25, 0.3) is 5.82 Å². The topological polar surface area (TPSA) is 46.1 Å². The van der Waals surface area contributed by atoms with Crippen LogP contribution in [0, 0.1) is 0 Å². The van der Waals surface area contributed by atoms with Crippen LogP contribution in [0.2, 0.25) is 0 Å². The molecular weight excluding hydrogens is 216 g/mol. The lowest BCUT2D eigenvalue weighted by atomic mass is 10.2. The van der Waals surface area contributed by atoms with Gasteiger partial charge < -0.3 is 5.11 Å². The Morgan fingerprint density at radius 3 is 2.76 bits per heavy atom. The molecule has 0 aliphatic heterocycles. The summed E-state index contributed by atoms with van der Waals surface area (Å²) in [4.78, 5) is 10.6. The smallest absolute Gasteiger partial charge is 0.307 e. The van der Waals surface area contributed by atoms with Crippen LogP contribution in [0.1, 0.15) is 45.4 Å². The van der Waals surface area contributed by atoms with Crippen molar-refractivity contribution in [3.8, 4) is 0 Å². The molecule has 0 saturated heterocycles. The molecule has 17 heavy (non-hydrogen) atoms. The SMILES string of the molecule is CCCCCc1n(CC)cc[n+]1CCC(=O)O. The van der Waals surface area contributed by atoms with Gasteiger partial charge in [-0.15, -0.1) is 0 Å². The molecule has 0 aliphatic rings. The van der Waals surface area contributed by atoms with E-state index >= 15 is 0 Å². The quantitative estimate of drug-likeness (QED) is 0.557. The third kappa shape index (κ3) is 4.21. The molecule has 1 rings (SSSR count). The van der Waals surface area contributed by atoms with Crippen LogP contribution in [0.4, 0.5) is 0 Å². The molecule has 1 heterocycles. The number of carboxylic acid groups (broad SMARTS) is 1. The van der Waals surface area contributed by atoms with E-state index in [1.165, 1.54) is 25.1 Å². The summed E-state index contributed by atoms with van der Waals surface area (Å²) in [5.41, 5.74) is 0. The summed E-state index contributed by atoms with van der Waals surface area (Å²) in [5.74, 6) is 0.517. The first-order valence-electron chi connectivity index (χ1n) is 6.48. The molecular formula is C13H23N2O2+. The Hall–Kier alpha value is -1.32. The molecule has 0 atom stereocenters. The van der Waals surface area contributed by atoms with E-state index in [4.69, 9.17) is 5.11 Å². The normalized spacial score (nSPS) is 10.7. The zero-order valence-corrected chi connectivity index (χ0v) is 10.9. The molecule has 0 aromatic carbocycles. The first kappa shape index (κ1) is 13.7. The third-order valence-corrected chi connectivity index (χ3v) is 3.00. The highest BCUT2D eigenvalue weighted by Gasteiger charge is 2.16. The Kier molecular flexibility index (Phi) is 5.73. The largest absolute Gasteiger partial charge is 0.481 e. The average molecular weight is 239 g/mol. The molecule has 0 saturated carbocycles. The van der Waals surface area contributed by atoms with Gasteiger partial charge in [0.05, 0.1) is 13.0 Å². The van der Waals surface area contributed by atoms with E-state index in [0.717, 1.165) is 13.0 Å². The van der Waals surface area contributed by atoms with Gasteiger partial charge in [0, 0.05) is 6.42 Å². The molecule has 0 unspecified atom stereocenters. The minimum Gasteiger partial charge on any atom is -0.481 e. The number of nitrogens with zero attached hydrogens (tertiary/aromatic N) is 2. The fraction of sp³-hybridized carbons (Fsp3) is 0.692. The number of hydrogen-bond acceptors (Lipinski definition) is 1. The van der Waals surface area contributed by atoms with Gasteiger partial charge in [0.2, 0.25) is 0 Å². The van der Waals surface area contributed by atoms with Gasteiger partial charge in [-0.2, -0.15) is 0 Å². The van der Waals surface area contributed by atoms with E-state index in [1.807, 2.05) is 12.4 Å². The fourth-order valence-electron chi connectivity index (χ4n) is 2.03. The van der Waals surface area contributed by atoms with Crippen LogP contribution in [0.5, 0.6) is 0 Å². The van der Waals surface area contributed by atoms with Crippen LogP contribution in [0.25, 0.3) is 0 Å². The van der Waals surface area contributed by atoms with Crippen molar-refractivity contribution in [2.24, 2.45) is 0 Å². The minimum atomic E-state index is -0.735. The van der Waals surface area contributed by atoms with Gasteiger partial charge in [0.1, 0.15) is 18.9 Å². The lowest BCUT2D eigenvalue weighted by molar-refractivity contribution is -0.702. The Balaban J connectivity index is 2.67. The van der Waals surface area contributed by atoms with Gasteiger partial charge in [-0.1, -0.05) is 19.8 Å². The summed E-state index contributed by atoms with van der Waals surface area (Å²) in [6.45, 7) is 5.83. The zero-order chi connectivity index (χ0) is 12.7. The molecule has 1 N–H and O–H groups in total. The monoisotopic (exact) mass is 239 g/mol. The molecule has 0 spiro atoms. The van der Waals surface area contributed by atoms with E-state index in [2.05, 4.69) is 23.0 Å². The maximum atomic E-state index is 10.6. The summed E-state index contributed by atoms with van der Waals surface area (Å²) in [5, 5.41) is 8.72. The van der Waals surface area contributed by atoms with Crippen molar-refractivity contribution in [2.45, 2.75) is 59.0 Å². The molecule has 0 radical (unpaired) electrons. The average Bonchev–Trinajstić information content (AvgIpc) is 2.69. The summed E-state index contributed by atoms with van der Waals surface area (Å²) < 4.78 is 4.28. The van der Waals surface area contributed by atoms with E-state index in [-0.39, 0.29) is 6.42 Å². The summed E-state index contributed by atoms with van der Waals surface area (Å²) in [6, 6.07) is 0. The van der Waals surface area contributed by atoms with Crippen molar-refractivity contribution < 1.29 is 14.5 Å². The third-order valence-electron chi connectivity index (χ3n) is 3.00. The highest BCUT2D eigenvalue weighted by atomic mass is 16.4. The number of aromatic nitrogens is 2. The Bertz CT molecular complexity index is 358. The van der Waals surface area contributed by atoms with Crippen LogP contribution < -0.4 is 4.57 Å². The number of aliphatic carboxylic acids is 1. The van der Waals surface area contributed by atoms with Crippen LogP contribution in [-0.2, 0) is 24.3 Å². The first-order valence-corrected chi connectivity index (χ1v) is 6.48. The molecule has 0 aliphatic carbocycles. The molecule has 1 aromatic heterocycles. The number of rotatable bonds is 8. The molecule has 0 fully saturated rings. The Labute approximate surface area is 103 Å². The van der Waals surface area contributed by atoms with Crippen LogP contribution in [0.3, 0.4) is 0 Å². The number of hydrogen-bond donors (Lipinski definition) is 1. The molecule has 4 heteroatoms. The second-order valence-electron chi connectivity index (χ2n) is 4.29. The van der Waals surface area contributed by atoms with Crippen molar-refractivity contribution in [1.82, 2.24) is 4.57 Å². The second-order valence-corrected chi connectivity index (χ2v) is 4.29. The van der Waals surface area contributed by atoms with Crippen molar-refractivity contribution in [1.29, 1.82) is 0 Å². The lowest BCUT2D eigenvalue weighted by Gasteiger charge is -2.02. The Morgan fingerprint density at radius 1 is 1.41 bits per heavy atom. The van der Waals surface area contributed by atoms with Gasteiger partial charge in [-0.3, -0.25) is 4.79 Å². The predicted octanol–water partition coefficient (Wildman–Crippen LogP) is 2.00. The maximum absolute atomic E-state index is 10.6. The zero-order valence-electron chi connectivity index (χ0n) is 10.9. The number of unbranched alkanes of at least 4 members (excludes halogenated alkanes) is 2. The highest BCUT2D eigenvalue weighted by molar-refractivity contribution is 5.66. The molecule has 4 nitrogen and oxygen atoms in total. The number of carbonyl (C=O) groups is 1. The van der Waals surface area contributed by atoms with E-state index in [0.29, 0.717) is 6.54 Å². The Morgan fingerprint density at radius 2 is 2.18 bits per heavy atom. The van der Waals surface area contributed by atoms with Crippen molar-refractivity contribution in [3.05, 3.63) is 18.2 Å². The predicted molar refractivity (Wildman–Crippen MR) is 65.8 cm³/mol. The van der Waals surface area contributed by atoms with Gasteiger partial charge in [-0.05, 0) is 13.3 Å². The van der Waals surface area contributed by atoms with E-state index in [1.54, 1.807) is 0 Å². The van der Waals surface area contributed by atoms with Crippen molar-refractivity contribution in [3.63, 3.8) is 0 Å². The van der Waals surface area contributed by atoms with E-state index in [9.17, 15) is 4.79 Å². The fourth-order valence-corrected chi connectivity index (χ4v) is 2.03. The number of carboxylic acids is 1. The number of aryl methyl sites for hydroxylation is 2. The standard InChI is InChI=1S/C13H22N2O2/c1-3-5-6-7-12-14(4-2)10-11-15(12)9-8-13(16)17/h10-11H,3-9H2,1-2H3/p+1. The van der Waals surface area contributed by atoms with Crippen molar-refractivity contribution in [2.75, 3.05) is 0 Å². The van der Waals surface area contributed by atoms with Crippen LogP contribution >= 0.6 is 0 Å². The molecule has 1 aromatic rings. The molecule has 0 bridgehead atoms.